The quantitative estimate of drug-likeness (QED) is 0.0653. The first kappa shape index (κ1) is 132. The Kier molecular flexibility index (Phi) is 89.8. The summed E-state index contributed by atoms with van der Waals surface area (Å²) in [6.07, 6.45) is -19.1. The van der Waals surface area contributed by atoms with E-state index in [4.69, 9.17) is 0 Å². The van der Waals surface area contributed by atoms with Crippen LogP contribution < -0.4 is 0 Å². The fourth-order valence-corrected chi connectivity index (χ4v) is 3.38. The molecule has 6 nitrogen and oxygen atoms in total. The molecule has 0 fully saturated rings. The van der Waals surface area contributed by atoms with E-state index >= 15 is 0 Å². The molecule has 0 saturated carbocycles. The van der Waals surface area contributed by atoms with Crippen molar-refractivity contribution in [2.24, 2.45) is 0 Å². The van der Waals surface area contributed by atoms with Gasteiger partial charge in [0.05, 0.1) is 53.9 Å². The molecule has 6 rings (SSSR count). The minimum atomic E-state index is -5.02. The molecule has 0 unspecified atom stereocenters. The topological polar surface area (TPSA) is 77.3 Å². The molecule has 492 valence electrons. The molecule has 0 aromatic carbocycles. The first-order valence-electron chi connectivity index (χ1n) is 15.9. The summed E-state index contributed by atoms with van der Waals surface area (Å²) in [5.74, 6) is -16.0. The molecule has 0 amide bonds. The minimum absolute atomic E-state index is 0. The molecule has 0 atom stereocenters. The van der Waals surface area contributed by atoms with Crippen LogP contribution in [-0.4, -0.2) is 29.9 Å². The Hall–Kier alpha value is -2.48. The molecule has 0 aliphatic rings. The summed E-state index contributed by atoms with van der Waals surface area (Å²) < 4.78 is 310. The second-order valence-electron chi connectivity index (χ2n) is 11.1. The van der Waals surface area contributed by atoms with Crippen LogP contribution in [0.4, 0.5) is 114 Å². The zero-order chi connectivity index (χ0) is 51.9. The number of nitrogens with zero attached hydrogens (tertiary/aromatic N) is 6. The van der Waals surface area contributed by atoms with Gasteiger partial charge in [0.15, 0.2) is 46.5 Å². The maximum atomic E-state index is 12.4. The van der Waals surface area contributed by atoms with E-state index in [0.717, 1.165) is 6.20 Å². The molecule has 0 aliphatic heterocycles. The number of rotatable bonds is 0. The van der Waals surface area contributed by atoms with E-state index < -0.39 is 123 Å². The van der Waals surface area contributed by atoms with Crippen LogP contribution in [0.25, 0.3) is 0 Å². The van der Waals surface area contributed by atoms with Crippen molar-refractivity contribution in [1.29, 1.82) is 0 Å². The Morgan fingerprint density at radius 1 is 0.282 bits per heavy atom. The third-order valence-corrected chi connectivity index (χ3v) is 6.29. The molecule has 0 bridgehead atoms. The van der Waals surface area contributed by atoms with Gasteiger partial charge >= 0.3 is 30.9 Å². The molecule has 6 aromatic heterocycles. The van der Waals surface area contributed by atoms with Crippen molar-refractivity contribution < 1.29 is 248 Å². The van der Waals surface area contributed by atoms with Gasteiger partial charge in [-0.15, -0.1) is 0 Å². The van der Waals surface area contributed by atoms with Crippen LogP contribution in [0.1, 0.15) is 72.4 Å². The molecule has 6 radical (unpaired) electrons. The largest absolute Gasteiger partial charge is 0.422 e. The van der Waals surface area contributed by atoms with E-state index in [0.29, 0.717) is 61.6 Å². The molecule has 6 aromatic rings. The summed E-state index contributed by atoms with van der Waals surface area (Å²) in [7, 11) is 0. The van der Waals surface area contributed by atoms with Crippen molar-refractivity contribution in [1.82, 2.24) is 29.9 Å². The summed E-state index contributed by atoms with van der Waals surface area (Å²) in [6, 6.07) is 1.76. The number of pyridine rings is 6. The fourth-order valence-electron chi connectivity index (χ4n) is 3.38. The van der Waals surface area contributed by atoms with E-state index in [9.17, 15) is 114 Å². The summed E-state index contributed by atoms with van der Waals surface area (Å²) in [6.45, 7) is 0. The first-order valence-corrected chi connectivity index (χ1v) is 15.9. The number of aromatic nitrogens is 6. The van der Waals surface area contributed by atoms with Crippen molar-refractivity contribution in [2.45, 2.75) is 75.4 Å². The van der Waals surface area contributed by atoms with Crippen LogP contribution in [0.2, 0.25) is 0 Å². The van der Waals surface area contributed by atoms with Gasteiger partial charge < -0.3 is 44.6 Å². The standard InChI is InChI=1S/3C6H2F5N.2C6H3F4N.C5H2F3N.6CH4.6CH3.6Nb/c7-3-1-12-2-4(8)5(3)6(9,10)11;7-4-2-12-1-3(5(4)8)6(9,10)11;7-4-1-3(6(9,10)11)2-12-5(4)8;7-5-1-4(2-11-3-5)6(8,9)10;7-5-2-1-4(3-11-5)6(8,9)10;6-3-1-9-2-4(7)5(3)8;;;;;;;;;;;;;;;;;;/h3*1-2H;2*1-3H;1-2H;6*1H4;6*1H3;;;;;;/q;;;;;;;;;;;;6*-1;;;;;;. The van der Waals surface area contributed by atoms with E-state index in [1.165, 1.54) is 0 Å². The third-order valence-electron chi connectivity index (χ3n) is 6.29. The van der Waals surface area contributed by atoms with E-state index in [2.05, 4.69) is 29.9 Å². The maximum Gasteiger partial charge on any atom is 0.422 e. The van der Waals surface area contributed by atoms with Crippen LogP contribution >= 0.6 is 0 Å². The Morgan fingerprint density at radius 2 is 0.600 bits per heavy atom. The average Bonchev–Trinajstić information content (AvgIpc) is 3.18. The molecular weight excluding hydrogens is 1700 g/mol. The van der Waals surface area contributed by atoms with Gasteiger partial charge in [-0.05, 0) is 24.3 Å². The van der Waals surface area contributed by atoms with Crippen molar-refractivity contribution in [2.75, 3.05) is 0 Å². The Labute approximate surface area is 571 Å². The minimum Gasteiger partial charge on any atom is -0.358 e. The van der Waals surface area contributed by atoms with Gasteiger partial charge in [-0.1, -0.05) is 44.6 Å². The summed E-state index contributed by atoms with van der Waals surface area (Å²) in [5, 5.41) is 0. The Balaban J connectivity index is -0.0000000381. The molecule has 6 heterocycles. The summed E-state index contributed by atoms with van der Waals surface area (Å²) in [5.41, 5.74) is -6.92. The molecule has 85 heavy (non-hydrogen) atoms. The van der Waals surface area contributed by atoms with Gasteiger partial charge in [-0.2, -0.15) is 74.6 Å². The fraction of sp³-hybridized carbons (Fsp3) is 0.234. The normalized spacial score (nSPS) is 9.01. The zero-order valence-electron chi connectivity index (χ0n) is 39.8. The predicted octanol–water partition coefficient (Wildman–Crippen LogP) is 19.6. The molecule has 0 saturated heterocycles. The third kappa shape index (κ3) is 49.0. The zero-order valence-corrected chi connectivity index (χ0v) is 53.0. The van der Waals surface area contributed by atoms with Gasteiger partial charge in [0.25, 0.3) is 0 Å². The van der Waals surface area contributed by atoms with Crippen molar-refractivity contribution in [3.05, 3.63) is 223 Å². The van der Waals surface area contributed by atoms with Gasteiger partial charge in [0.2, 0.25) is 11.9 Å². The van der Waals surface area contributed by atoms with E-state index in [-0.39, 0.29) is 242 Å². The SMILES string of the molecule is C.C.C.C.C.C.Fc1cc(C(F)(F)F)cnc1F.Fc1ccc(C(F)(F)F)cn1.Fc1cncc(C(F)(F)F)c1.Fc1cncc(C(F)(F)F)c1F.Fc1cncc(F)c1C(F)(F)F.Fc1cncc(F)c1F.[CH3-].[CH3-].[CH3-].[CH3-].[CH3-].[CH3-].[Nb].[Nb].[Nb].[Nb].[Nb].[Nb]. The smallest absolute Gasteiger partial charge is 0.358 e. The average molecular weight is 1760 g/mol. The number of alkyl halides is 15. The number of hydrogen-bond acceptors (Lipinski definition) is 6. The summed E-state index contributed by atoms with van der Waals surface area (Å²) in [4.78, 5) is 17.3. The number of hydrogen-bond donors (Lipinski definition) is 0. The predicted molar refractivity (Wildman–Crippen MR) is 249 cm³/mol. The second kappa shape index (κ2) is 57.9. The molecule has 38 heteroatoms. The van der Waals surface area contributed by atoms with Crippen LogP contribution in [0, 0.1) is 109 Å². The van der Waals surface area contributed by atoms with E-state index in [1.807, 2.05) is 0 Å². The molecule has 0 spiro atoms. The van der Waals surface area contributed by atoms with Gasteiger partial charge in [0.1, 0.15) is 16.9 Å². The molecular formula is C47H56F26N6Nb6-6. The number of halogens is 26. The summed E-state index contributed by atoms with van der Waals surface area (Å²) >= 11 is 0. The van der Waals surface area contributed by atoms with Gasteiger partial charge in [-0.3, -0.25) is 19.9 Å². The van der Waals surface area contributed by atoms with E-state index in [1.54, 1.807) is 0 Å². The monoisotopic (exact) mass is 1760 g/mol. The Morgan fingerprint density at radius 3 is 0.859 bits per heavy atom. The molecule has 0 aliphatic carbocycles. The van der Waals surface area contributed by atoms with Crippen molar-refractivity contribution >= 4 is 0 Å². The van der Waals surface area contributed by atoms with Gasteiger partial charge in [0, 0.05) is 159 Å². The van der Waals surface area contributed by atoms with Gasteiger partial charge in [-0.25, -0.2) is 49.5 Å². The van der Waals surface area contributed by atoms with Crippen LogP contribution in [0.3, 0.4) is 0 Å². The van der Waals surface area contributed by atoms with Crippen LogP contribution in [0.5, 0.6) is 0 Å². The van der Waals surface area contributed by atoms with Crippen LogP contribution in [0.15, 0.2) is 86.2 Å². The van der Waals surface area contributed by atoms with Crippen molar-refractivity contribution in [3.63, 3.8) is 0 Å². The molecule has 0 N–H and O–H groups in total. The Bertz CT molecular complexity index is 2480. The van der Waals surface area contributed by atoms with Crippen LogP contribution in [-0.2, 0) is 165 Å². The first-order chi connectivity index (χ1) is 30.5. The maximum absolute atomic E-state index is 12.4. The van der Waals surface area contributed by atoms with Crippen molar-refractivity contribution in [3.8, 4) is 0 Å². The second-order valence-corrected chi connectivity index (χ2v) is 11.1.